The van der Waals surface area contributed by atoms with Crippen molar-refractivity contribution in [1.29, 1.82) is 0 Å². The Morgan fingerprint density at radius 2 is 2.08 bits per heavy atom. The third-order valence-electron chi connectivity index (χ3n) is 1.21. The predicted molar refractivity (Wildman–Crippen MR) is 47.2 cm³/mol. The van der Waals surface area contributed by atoms with Crippen molar-refractivity contribution in [3.8, 4) is 0 Å². The third kappa shape index (κ3) is 6.54. The average Bonchev–Trinajstić information content (AvgIpc) is 2.00. The van der Waals surface area contributed by atoms with Gasteiger partial charge in [-0.05, 0) is 13.8 Å². The Hall–Kier alpha value is -0.160. The Morgan fingerprint density at radius 3 is 2.50 bits per heavy atom. The molecule has 0 aliphatic rings. The van der Waals surface area contributed by atoms with Crippen LogP contribution in [0, 0.1) is 0 Å². The molecule has 0 aliphatic carbocycles. The van der Waals surface area contributed by atoms with Crippen LogP contribution < -0.4 is 11.2 Å². The summed E-state index contributed by atoms with van der Waals surface area (Å²) in [6.07, 6.45) is 1.24. The summed E-state index contributed by atoms with van der Waals surface area (Å²) >= 11 is 0. The fraction of sp³-hybridized carbons (Fsp3) is 1.00. The van der Waals surface area contributed by atoms with Gasteiger partial charge in [-0.25, -0.2) is 0 Å². The first-order chi connectivity index (χ1) is 5.70. The summed E-state index contributed by atoms with van der Waals surface area (Å²) in [4.78, 5) is 5.07. The van der Waals surface area contributed by atoms with Crippen molar-refractivity contribution in [3.63, 3.8) is 0 Å². The molecule has 0 saturated carbocycles. The molecule has 2 unspecified atom stereocenters. The maximum Gasteiger partial charge on any atom is 0.181 e. The van der Waals surface area contributed by atoms with Crippen LogP contribution in [0.1, 0.15) is 33.6 Å². The summed E-state index contributed by atoms with van der Waals surface area (Å²) in [7, 11) is 0. The molecule has 0 bridgehead atoms. The molecule has 0 aromatic carbocycles. The minimum atomic E-state index is -0.298. The third-order valence-corrected chi connectivity index (χ3v) is 1.21. The first-order valence-corrected chi connectivity index (χ1v) is 4.44. The normalized spacial score (nSPS) is 16.0. The number of hydroxylamine groups is 1. The number of hydrogen-bond acceptors (Lipinski definition) is 3. The molecule has 0 spiro atoms. The van der Waals surface area contributed by atoms with E-state index in [1.54, 1.807) is 6.92 Å². The second kappa shape index (κ2) is 7.49. The van der Waals surface area contributed by atoms with E-state index in [0.29, 0.717) is 6.54 Å². The van der Waals surface area contributed by atoms with E-state index in [9.17, 15) is 0 Å². The fourth-order valence-electron chi connectivity index (χ4n) is 0.778. The Bertz CT molecular complexity index is 99.1. The molecule has 0 aliphatic heterocycles. The van der Waals surface area contributed by atoms with Gasteiger partial charge in [0.15, 0.2) is 6.29 Å². The highest BCUT2D eigenvalue weighted by atomic mass is 16.8. The van der Waals surface area contributed by atoms with Crippen LogP contribution in [0.3, 0.4) is 0 Å². The lowest BCUT2D eigenvalue weighted by atomic mass is 10.3. The monoisotopic (exact) mass is 175 g/mol. The van der Waals surface area contributed by atoms with E-state index in [0.717, 1.165) is 12.8 Å². The Labute approximate surface area is 74.4 Å². The second-order valence-electron chi connectivity index (χ2n) is 2.61. The molecule has 2 atom stereocenters. The van der Waals surface area contributed by atoms with E-state index in [1.807, 2.05) is 6.92 Å². The van der Waals surface area contributed by atoms with Gasteiger partial charge in [0.2, 0.25) is 0 Å². The van der Waals surface area contributed by atoms with Crippen molar-refractivity contribution < 1.29 is 9.57 Å². The molecule has 0 heterocycles. The van der Waals surface area contributed by atoms with Crippen LogP contribution in [0.4, 0.5) is 0 Å². The van der Waals surface area contributed by atoms with Crippen molar-refractivity contribution in [2.24, 2.45) is 5.73 Å². The number of ether oxygens (including phenoxy) is 1. The summed E-state index contributed by atoms with van der Waals surface area (Å²) in [5.74, 6) is 0. The number of rotatable bonds is 7. The van der Waals surface area contributed by atoms with Gasteiger partial charge in [0, 0.05) is 13.0 Å². The van der Waals surface area contributed by atoms with Gasteiger partial charge in [-0.2, -0.15) is 0 Å². The molecular weight excluding hydrogens is 156 g/mol. The molecule has 2 N–H and O–H groups in total. The van der Waals surface area contributed by atoms with Crippen LogP contribution in [-0.2, 0) is 9.57 Å². The van der Waals surface area contributed by atoms with Gasteiger partial charge in [0.1, 0.15) is 6.23 Å². The highest BCUT2D eigenvalue weighted by Gasteiger charge is 2.10. The smallest absolute Gasteiger partial charge is 0.181 e. The molecule has 73 valence electrons. The van der Waals surface area contributed by atoms with Crippen LogP contribution in [0.15, 0.2) is 0 Å². The van der Waals surface area contributed by atoms with Crippen LogP contribution >= 0.6 is 0 Å². The zero-order chi connectivity index (χ0) is 9.40. The van der Waals surface area contributed by atoms with Gasteiger partial charge in [-0.15, -0.1) is 0 Å². The molecule has 1 radical (unpaired) electrons. The standard InChI is InChI=1S/C8H19N2O2/c1-4-6-8(11-7(3)9)12-10-5-2/h7-8H,4-6,9H2,1-3H3. The van der Waals surface area contributed by atoms with Crippen molar-refractivity contribution in [3.05, 3.63) is 0 Å². The lowest BCUT2D eigenvalue weighted by Gasteiger charge is -2.18. The summed E-state index contributed by atoms with van der Waals surface area (Å²) in [5.41, 5.74) is 9.21. The molecule has 0 aromatic rings. The van der Waals surface area contributed by atoms with Crippen LogP contribution in [-0.4, -0.2) is 19.1 Å². The molecule has 0 amide bonds. The van der Waals surface area contributed by atoms with Gasteiger partial charge >= 0.3 is 0 Å². The van der Waals surface area contributed by atoms with E-state index in [2.05, 4.69) is 12.4 Å². The van der Waals surface area contributed by atoms with Crippen molar-refractivity contribution >= 4 is 0 Å². The molecule has 12 heavy (non-hydrogen) atoms. The quantitative estimate of drug-likeness (QED) is 0.463. The van der Waals surface area contributed by atoms with E-state index in [1.165, 1.54) is 0 Å². The number of nitrogens with zero attached hydrogens (tertiary/aromatic N) is 1. The first-order valence-electron chi connectivity index (χ1n) is 4.44. The highest BCUT2D eigenvalue weighted by molar-refractivity contribution is 4.44. The Balaban J connectivity index is 3.54. The molecule has 0 rings (SSSR count). The zero-order valence-electron chi connectivity index (χ0n) is 8.12. The van der Waals surface area contributed by atoms with Gasteiger partial charge in [-0.3, -0.25) is 4.84 Å². The summed E-state index contributed by atoms with van der Waals surface area (Å²) in [5, 5.41) is 0. The number of nitrogens with two attached hydrogens (primary N) is 1. The van der Waals surface area contributed by atoms with Gasteiger partial charge in [-0.1, -0.05) is 18.8 Å². The average molecular weight is 175 g/mol. The van der Waals surface area contributed by atoms with Crippen LogP contribution in [0.25, 0.3) is 0 Å². The minimum absolute atomic E-state index is 0.282. The maximum atomic E-state index is 5.45. The summed E-state index contributed by atoms with van der Waals surface area (Å²) in [6.45, 7) is 6.39. The summed E-state index contributed by atoms with van der Waals surface area (Å²) in [6, 6.07) is 0. The van der Waals surface area contributed by atoms with Crippen molar-refractivity contribution in [1.82, 2.24) is 5.48 Å². The van der Waals surface area contributed by atoms with E-state index >= 15 is 0 Å². The second-order valence-corrected chi connectivity index (χ2v) is 2.61. The number of hydrogen-bond donors (Lipinski definition) is 1. The predicted octanol–water partition coefficient (Wildman–Crippen LogP) is 0.990. The molecule has 0 aromatic heterocycles. The van der Waals surface area contributed by atoms with Crippen LogP contribution in [0.2, 0.25) is 0 Å². The minimum Gasteiger partial charge on any atom is -0.333 e. The van der Waals surface area contributed by atoms with Gasteiger partial charge in [0.05, 0.1) is 0 Å². The lowest BCUT2D eigenvalue weighted by molar-refractivity contribution is -0.203. The highest BCUT2D eigenvalue weighted by Crippen LogP contribution is 2.04. The van der Waals surface area contributed by atoms with E-state index in [-0.39, 0.29) is 12.5 Å². The van der Waals surface area contributed by atoms with Gasteiger partial charge in [0.25, 0.3) is 0 Å². The van der Waals surface area contributed by atoms with Crippen molar-refractivity contribution in [2.75, 3.05) is 6.54 Å². The van der Waals surface area contributed by atoms with Crippen LogP contribution in [0.5, 0.6) is 0 Å². The molecule has 0 saturated heterocycles. The molecule has 4 nitrogen and oxygen atoms in total. The lowest BCUT2D eigenvalue weighted by Crippen LogP contribution is -2.30. The summed E-state index contributed by atoms with van der Waals surface area (Å²) < 4.78 is 5.25. The van der Waals surface area contributed by atoms with E-state index < -0.39 is 0 Å². The van der Waals surface area contributed by atoms with Gasteiger partial charge < -0.3 is 10.5 Å². The SMILES string of the molecule is CCCC(O[N]CC)OC(C)N. The topological polar surface area (TPSA) is 58.6 Å². The maximum absolute atomic E-state index is 5.45. The molecular formula is C8H19N2O2. The zero-order valence-corrected chi connectivity index (χ0v) is 8.12. The Kier molecular flexibility index (Phi) is 7.39. The Morgan fingerprint density at radius 1 is 1.42 bits per heavy atom. The molecule has 4 heteroatoms. The largest absolute Gasteiger partial charge is 0.333 e. The van der Waals surface area contributed by atoms with E-state index in [4.69, 9.17) is 15.3 Å². The first kappa shape index (κ1) is 11.8. The molecule has 0 fully saturated rings. The van der Waals surface area contributed by atoms with Crippen molar-refractivity contribution in [2.45, 2.75) is 46.1 Å². The fourth-order valence-corrected chi connectivity index (χ4v) is 0.778.